The van der Waals surface area contributed by atoms with Crippen molar-refractivity contribution in [2.24, 2.45) is 5.92 Å². The van der Waals surface area contributed by atoms with Crippen LogP contribution < -0.4 is 10.6 Å². The molecule has 0 aliphatic heterocycles. The highest BCUT2D eigenvalue weighted by molar-refractivity contribution is 8.02. The molecule has 1 aromatic heterocycles. The molecular formula is C16H21FN4O2S2. The Hall–Kier alpha value is -1.71. The number of ether oxygens (including phenoxy) is 1. The van der Waals surface area contributed by atoms with Gasteiger partial charge in [-0.2, -0.15) is 0 Å². The first-order chi connectivity index (χ1) is 12.0. The predicted octanol–water partition coefficient (Wildman–Crippen LogP) is 3.49. The van der Waals surface area contributed by atoms with E-state index in [1.165, 1.54) is 47.4 Å². The first-order valence-corrected chi connectivity index (χ1v) is 9.48. The Labute approximate surface area is 154 Å². The second-order valence-electron chi connectivity index (χ2n) is 5.57. The zero-order chi connectivity index (χ0) is 18.2. The Morgan fingerprint density at radius 1 is 1.32 bits per heavy atom. The van der Waals surface area contributed by atoms with Gasteiger partial charge in [-0.25, -0.2) is 4.39 Å². The minimum atomic E-state index is -0.338. The number of aromatic nitrogens is 2. The maximum atomic E-state index is 13.0. The zero-order valence-corrected chi connectivity index (χ0v) is 15.9. The molecule has 1 aromatic carbocycles. The van der Waals surface area contributed by atoms with Crippen LogP contribution in [-0.2, 0) is 9.53 Å². The Morgan fingerprint density at radius 2 is 2.04 bits per heavy atom. The van der Waals surface area contributed by atoms with Crippen molar-refractivity contribution in [1.82, 2.24) is 10.2 Å². The average molecular weight is 385 g/mol. The lowest BCUT2D eigenvalue weighted by Crippen LogP contribution is -2.29. The molecule has 0 aliphatic rings. The molecule has 136 valence electrons. The number of carbonyl (C=O) groups excluding carboxylic acids is 1. The van der Waals surface area contributed by atoms with Crippen LogP contribution in [0.25, 0.3) is 0 Å². The van der Waals surface area contributed by atoms with Gasteiger partial charge in [0.1, 0.15) is 5.82 Å². The summed E-state index contributed by atoms with van der Waals surface area (Å²) in [4.78, 5) is 12.6. The van der Waals surface area contributed by atoms with Gasteiger partial charge in [-0.05, 0) is 30.2 Å². The quantitative estimate of drug-likeness (QED) is 0.509. The number of amides is 1. The number of halogens is 1. The van der Waals surface area contributed by atoms with Crippen LogP contribution in [-0.4, -0.2) is 41.6 Å². The number of anilines is 2. The van der Waals surface area contributed by atoms with Crippen LogP contribution in [0.1, 0.15) is 13.8 Å². The van der Waals surface area contributed by atoms with E-state index in [-0.39, 0.29) is 22.9 Å². The van der Waals surface area contributed by atoms with Crippen molar-refractivity contribution in [3.8, 4) is 0 Å². The summed E-state index contributed by atoms with van der Waals surface area (Å²) in [5, 5.41) is 14.5. The van der Waals surface area contributed by atoms with Crippen molar-refractivity contribution in [3.63, 3.8) is 0 Å². The van der Waals surface area contributed by atoms with E-state index in [0.29, 0.717) is 28.3 Å². The Morgan fingerprint density at radius 3 is 2.68 bits per heavy atom. The number of methoxy groups -OCH3 is 1. The van der Waals surface area contributed by atoms with Gasteiger partial charge in [0.2, 0.25) is 11.0 Å². The normalized spacial score (nSPS) is 12.2. The first-order valence-electron chi connectivity index (χ1n) is 7.79. The highest BCUT2D eigenvalue weighted by Gasteiger charge is 2.25. The molecule has 1 amide bonds. The van der Waals surface area contributed by atoms with Gasteiger partial charge in [-0.15, -0.1) is 10.2 Å². The lowest BCUT2D eigenvalue weighted by Gasteiger charge is -2.18. The molecular weight excluding hydrogens is 363 g/mol. The van der Waals surface area contributed by atoms with Crippen LogP contribution in [0.3, 0.4) is 0 Å². The summed E-state index contributed by atoms with van der Waals surface area (Å²) in [7, 11) is 1.63. The highest BCUT2D eigenvalue weighted by atomic mass is 32.2. The van der Waals surface area contributed by atoms with Crippen molar-refractivity contribution in [3.05, 3.63) is 30.1 Å². The number of carbonyl (C=O) groups is 1. The summed E-state index contributed by atoms with van der Waals surface area (Å²) < 4.78 is 18.7. The number of hydrogen-bond donors (Lipinski definition) is 2. The molecule has 0 spiro atoms. The highest BCUT2D eigenvalue weighted by Crippen LogP contribution is 2.32. The van der Waals surface area contributed by atoms with Crippen molar-refractivity contribution < 1.29 is 13.9 Å². The molecule has 0 saturated carbocycles. The minimum Gasteiger partial charge on any atom is -0.383 e. The van der Waals surface area contributed by atoms with Crippen LogP contribution in [0.4, 0.5) is 15.2 Å². The number of nitrogens with one attached hydrogen (secondary N) is 2. The minimum absolute atomic E-state index is 0.0965. The summed E-state index contributed by atoms with van der Waals surface area (Å²) >= 11 is 2.77. The molecule has 2 rings (SSSR count). The molecule has 6 nitrogen and oxygen atoms in total. The van der Waals surface area contributed by atoms with Gasteiger partial charge in [0.25, 0.3) is 0 Å². The summed E-state index contributed by atoms with van der Waals surface area (Å²) in [5.74, 6) is -0.384. The van der Waals surface area contributed by atoms with Crippen molar-refractivity contribution in [2.45, 2.75) is 23.4 Å². The third kappa shape index (κ3) is 6.26. The van der Waals surface area contributed by atoms with Crippen molar-refractivity contribution >= 4 is 39.8 Å². The van der Waals surface area contributed by atoms with Crippen molar-refractivity contribution in [2.75, 3.05) is 30.9 Å². The topological polar surface area (TPSA) is 76.1 Å². The largest absolute Gasteiger partial charge is 0.383 e. The maximum absolute atomic E-state index is 13.0. The van der Waals surface area contributed by atoms with E-state index in [1.54, 1.807) is 7.11 Å². The number of thioether (sulfide) groups is 1. The lowest BCUT2D eigenvalue weighted by molar-refractivity contribution is -0.116. The third-order valence-corrected chi connectivity index (χ3v) is 5.70. The second kappa shape index (κ2) is 9.69. The predicted molar refractivity (Wildman–Crippen MR) is 99.8 cm³/mol. The lowest BCUT2D eigenvalue weighted by atomic mass is 10.1. The van der Waals surface area contributed by atoms with Crippen LogP contribution in [0.2, 0.25) is 0 Å². The molecule has 1 heterocycles. The average Bonchev–Trinajstić information content (AvgIpc) is 3.02. The standard InChI is InChI=1S/C16H21FN4O2S2/c1-10(2)13(14(22)19-12-6-4-11(17)5-7-12)24-16-21-20-15(25-16)18-8-9-23-3/h4-7,10,13H,8-9H2,1-3H3,(H,18,20)(H,19,22)/t13-/m1/s1. The molecule has 25 heavy (non-hydrogen) atoms. The van der Waals surface area contributed by atoms with Crippen molar-refractivity contribution in [1.29, 1.82) is 0 Å². The van der Waals surface area contributed by atoms with E-state index < -0.39 is 0 Å². The second-order valence-corrected chi connectivity index (χ2v) is 7.94. The van der Waals surface area contributed by atoms with Gasteiger partial charge < -0.3 is 15.4 Å². The van der Waals surface area contributed by atoms with Crippen LogP contribution in [0.5, 0.6) is 0 Å². The first kappa shape index (κ1) is 19.6. The van der Waals surface area contributed by atoms with Gasteiger partial charge in [0.15, 0.2) is 4.34 Å². The van der Waals surface area contributed by atoms with Gasteiger partial charge in [-0.3, -0.25) is 4.79 Å². The summed E-state index contributed by atoms with van der Waals surface area (Å²) in [5.41, 5.74) is 0.567. The summed E-state index contributed by atoms with van der Waals surface area (Å²) in [6.45, 7) is 5.17. The van der Waals surface area contributed by atoms with E-state index in [0.717, 1.165) is 0 Å². The van der Waals surface area contributed by atoms with Crippen LogP contribution in [0, 0.1) is 11.7 Å². The Bertz CT molecular complexity index is 679. The molecule has 2 N–H and O–H groups in total. The summed E-state index contributed by atoms with van der Waals surface area (Å²) in [6.07, 6.45) is 0. The van der Waals surface area contributed by atoms with Gasteiger partial charge in [-0.1, -0.05) is 36.9 Å². The Balaban J connectivity index is 1.97. The number of hydrogen-bond acceptors (Lipinski definition) is 7. The molecule has 0 unspecified atom stereocenters. The molecule has 1 atom stereocenters. The zero-order valence-electron chi connectivity index (χ0n) is 14.3. The van der Waals surface area contributed by atoms with Gasteiger partial charge in [0, 0.05) is 19.3 Å². The maximum Gasteiger partial charge on any atom is 0.238 e. The summed E-state index contributed by atoms with van der Waals surface area (Å²) in [6, 6.07) is 5.71. The fourth-order valence-electron chi connectivity index (χ4n) is 1.94. The van der Waals surface area contributed by atoms with E-state index in [2.05, 4.69) is 20.8 Å². The smallest absolute Gasteiger partial charge is 0.238 e. The van der Waals surface area contributed by atoms with Gasteiger partial charge in [0.05, 0.1) is 11.9 Å². The fourth-order valence-corrected chi connectivity index (χ4v) is 3.92. The monoisotopic (exact) mass is 384 g/mol. The molecule has 0 fully saturated rings. The van der Waals surface area contributed by atoms with E-state index >= 15 is 0 Å². The molecule has 0 aliphatic carbocycles. The van der Waals surface area contributed by atoms with E-state index in [1.807, 2.05) is 13.8 Å². The molecule has 0 saturated heterocycles. The van der Waals surface area contributed by atoms with Gasteiger partial charge >= 0.3 is 0 Å². The Kier molecular flexibility index (Phi) is 7.60. The number of benzene rings is 1. The molecule has 0 bridgehead atoms. The number of rotatable bonds is 9. The SMILES string of the molecule is COCCNc1nnc(S[C@@H](C(=O)Nc2ccc(F)cc2)C(C)C)s1. The number of nitrogens with zero attached hydrogens (tertiary/aromatic N) is 2. The third-order valence-electron chi connectivity index (χ3n) is 3.19. The van der Waals surface area contributed by atoms with E-state index in [4.69, 9.17) is 4.74 Å². The fraction of sp³-hybridized carbons (Fsp3) is 0.438. The molecule has 0 radical (unpaired) electrons. The van der Waals surface area contributed by atoms with Crippen LogP contribution in [0.15, 0.2) is 28.6 Å². The molecule has 2 aromatic rings. The van der Waals surface area contributed by atoms with Crippen LogP contribution >= 0.6 is 23.1 Å². The van der Waals surface area contributed by atoms with E-state index in [9.17, 15) is 9.18 Å². The molecule has 9 heteroatoms.